The minimum absolute atomic E-state index is 0.0622. The number of nitrogens with one attached hydrogen (secondary N) is 1. The number of aryl methyl sites for hydroxylation is 1. The molecule has 5 heteroatoms. The first-order valence-electron chi connectivity index (χ1n) is 6.74. The van der Waals surface area contributed by atoms with E-state index in [0.29, 0.717) is 12.5 Å². The normalized spacial score (nSPS) is 11.0. The van der Waals surface area contributed by atoms with Crippen molar-refractivity contribution in [1.82, 2.24) is 9.78 Å². The molecule has 0 fully saturated rings. The van der Waals surface area contributed by atoms with Crippen molar-refractivity contribution < 1.29 is 10.2 Å². The highest BCUT2D eigenvalue weighted by molar-refractivity contribution is 5.48. The topological polar surface area (TPSA) is 70.3 Å². The van der Waals surface area contributed by atoms with E-state index in [1.54, 1.807) is 12.1 Å². The lowest BCUT2D eigenvalue weighted by molar-refractivity contribution is 0.446. The van der Waals surface area contributed by atoms with Crippen molar-refractivity contribution >= 4 is 5.69 Å². The molecule has 20 heavy (non-hydrogen) atoms. The van der Waals surface area contributed by atoms with E-state index in [0.717, 1.165) is 23.5 Å². The van der Waals surface area contributed by atoms with Crippen molar-refractivity contribution in [2.75, 3.05) is 5.32 Å². The number of nitrogens with zero attached hydrogens (tertiary/aromatic N) is 2. The Hall–Kier alpha value is -2.17. The van der Waals surface area contributed by atoms with Gasteiger partial charge in [0.15, 0.2) is 0 Å². The van der Waals surface area contributed by atoms with E-state index >= 15 is 0 Å². The van der Waals surface area contributed by atoms with Gasteiger partial charge in [0.05, 0.1) is 11.4 Å². The van der Waals surface area contributed by atoms with Gasteiger partial charge in [-0.2, -0.15) is 5.10 Å². The molecule has 0 bridgehead atoms. The number of hydrogen-bond acceptors (Lipinski definition) is 4. The van der Waals surface area contributed by atoms with Crippen LogP contribution in [0.4, 0.5) is 5.69 Å². The van der Waals surface area contributed by atoms with Crippen LogP contribution in [0.3, 0.4) is 0 Å². The van der Waals surface area contributed by atoms with Crippen molar-refractivity contribution in [2.45, 2.75) is 33.9 Å². The smallest absolute Gasteiger partial charge is 0.124 e. The van der Waals surface area contributed by atoms with E-state index in [9.17, 15) is 10.2 Å². The Balaban J connectivity index is 2.05. The first-order valence-corrected chi connectivity index (χ1v) is 6.74. The lowest BCUT2D eigenvalue weighted by Gasteiger charge is -2.07. The SMILES string of the molecule is Cc1nn(CC(C)C)cc1NCc1ccc(O)cc1O. The summed E-state index contributed by atoms with van der Waals surface area (Å²) in [4.78, 5) is 0. The van der Waals surface area contributed by atoms with Gasteiger partial charge in [-0.3, -0.25) is 4.68 Å². The summed E-state index contributed by atoms with van der Waals surface area (Å²) in [6, 6.07) is 4.60. The predicted molar refractivity (Wildman–Crippen MR) is 78.9 cm³/mol. The summed E-state index contributed by atoms with van der Waals surface area (Å²) in [6.45, 7) is 7.63. The molecule has 1 heterocycles. The Kier molecular flexibility index (Phi) is 4.17. The van der Waals surface area contributed by atoms with Crippen LogP contribution in [-0.4, -0.2) is 20.0 Å². The van der Waals surface area contributed by atoms with Crippen molar-refractivity contribution in [1.29, 1.82) is 0 Å². The van der Waals surface area contributed by atoms with Crippen LogP contribution >= 0.6 is 0 Å². The number of aromatic nitrogens is 2. The van der Waals surface area contributed by atoms with Gasteiger partial charge in [-0.05, 0) is 25.0 Å². The van der Waals surface area contributed by atoms with Gasteiger partial charge in [0.1, 0.15) is 11.5 Å². The van der Waals surface area contributed by atoms with Crippen molar-refractivity contribution in [3.05, 3.63) is 35.7 Å². The first-order chi connectivity index (χ1) is 9.45. The van der Waals surface area contributed by atoms with Gasteiger partial charge in [0, 0.05) is 30.9 Å². The molecule has 108 valence electrons. The predicted octanol–water partition coefficient (Wildman–Crippen LogP) is 2.87. The Labute approximate surface area is 118 Å². The summed E-state index contributed by atoms with van der Waals surface area (Å²) >= 11 is 0. The molecule has 0 atom stereocenters. The summed E-state index contributed by atoms with van der Waals surface area (Å²) in [5.74, 6) is 0.695. The highest BCUT2D eigenvalue weighted by Gasteiger charge is 2.07. The summed E-state index contributed by atoms with van der Waals surface area (Å²) < 4.78 is 1.93. The van der Waals surface area contributed by atoms with Crippen molar-refractivity contribution in [2.24, 2.45) is 5.92 Å². The maximum absolute atomic E-state index is 9.74. The van der Waals surface area contributed by atoms with Gasteiger partial charge in [-0.15, -0.1) is 0 Å². The van der Waals surface area contributed by atoms with Gasteiger partial charge in [0.2, 0.25) is 0 Å². The Morgan fingerprint density at radius 3 is 2.70 bits per heavy atom. The van der Waals surface area contributed by atoms with Crippen LogP contribution in [0, 0.1) is 12.8 Å². The van der Waals surface area contributed by atoms with E-state index < -0.39 is 0 Å². The fraction of sp³-hybridized carbons (Fsp3) is 0.400. The minimum Gasteiger partial charge on any atom is -0.508 e. The molecule has 5 nitrogen and oxygen atoms in total. The largest absolute Gasteiger partial charge is 0.508 e. The molecule has 0 radical (unpaired) electrons. The van der Waals surface area contributed by atoms with Crippen molar-refractivity contribution in [3.63, 3.8) is 0 Å². The lowest BCUT2D eigenvalue weighted by Crippen LogP contribution is -2.04. The summed E-state index contributed by atoms with van der Waals surface area (Å²) in [7, 11) is 0. The summed E-state index contributed by atoms with van der Waals surface area (Å²) in [6.07, 6.45) is 1.98. The summed E-state index contributed by atoms with van der Waals surface area (Å²) in [5, 5.41) is 26.7. The van der Waals surface area contributed by atoms with Gasteiger partial charge < -0.3 is 15.5 Å². The third-order valence-electron chi connectivity index (χ3n) is 3.04. The van der Waals surface area contributed by atoms with E-state index in [4.69, 9.17) is 0 Å². The standard InChI is InChI=1S/C15H21N3O2/c1-10(2)8-18-9-14(11(3)17-18)16-7-12-4-5-13(19)6-15(12)20/h4-6,9-10,16,19-20H,7-8H2,1-3H3. The average molecular weight is 275 g/mol. The molecule has 2 rings (SSSR count). The number of phenols is 2. The fourth-order valence-electron chi connectivity index (χ4n) is 2.05. The molecule has 0 aliphatic carbocycles. The highest BCUT2D eigenvalue weighted by atomic mass is 16.3. The number of benzene rings is 1. The van der Waals surface area contributed by atoms with Crippen LogP contribution < -0.4 is 5.32 Å². The molecule has 0 amide bonds. The van der Waals surface area contributed by atoms with Crippen LogP contribution in [-0.2, 0) is 13.1 Å². The average Bonchev–Trinajstić information content (AvgIpc) is 2.67. The number of phenolic OH excluding ortho intramolecular Hbond substituents is 2. The molecule has 1 aromatic heterocycles. The van der Waals surface area contributed by atoms with Crippen LogP contribution in [0.25, 0.3) is 0 Å². The third-order valence-corrected chi connectivity index (χ3v) is 3.04. The Bertz CT molecular complexity index is 591. The van der Waals surface area contributed by atoms with Crippen LogP contribution in [0.5, 0.6) is 11.5 Å². The second kappa shape index (κ2) is 5.86. The second-order valence-electron chi connectivity index (χ2n) is 5.41. The van der Waals surface area contributed by atoms with Crippen LogP contribution in [0.1, 0.15) is 25.1 Å². The van der Waals surface area contributed by atoms with Crippen LogP contribution in [0.2, 0.25) is 0 Å². The van der Waals surface area contributed by atoms with Gasteiger partial charge >= 0.3 is 0 Å². The number of hydrogen-bond donors (Lipinski definition) is 3. The van der Waals surface area contributed by atoms with Gasteiger partial charge in [-0.1, -0.05) is 13.8 Å². The van der Waals surface area contributed by atoms with Crippen LogP contribution in [0.15, 0.2) is 24.4 Å². The van der Waals surface area contributed by atoms with Crippen molar-refractivity contribution in [3.8, 4) is 11.5 Å². The molecule has 0 aliphatic heterocycles. The molecule has 0 spiro atoms. The monoisotopic (exact) mass is 275 g/mol. The maximum atomic E-state index is 9.74. The van der Waals surface area contributed by atoms with Gasteiger partial charge in [0.25, 0.3) is 0 Å². The quantitative estimate of drug-likeness (QED) is 0.784. The zero-order chi connectivity index (χ0) is 14.7. The zero-order valence-corrected chi connectivity index (χ0v) is 12.1. The fourth-order valence-corrected chi connectivity index (χ4v) is 2.05. The molecule has 0 aliphatic rings. The molecule has 3 N–H and O–H groups in total. The first kappa shape index (κ1) is 14.2. The lowest BCUT2D eigenvalue weighted by atomic mass is 10.2. The minimum atomic E-state index is 0.0622. The zero-order valence-electron chi connectivity index (χ0n) is 12.1. The summed E-state index contributed by atoms with van der Waals surface area (Å²) in [5.41, 5.74) is 2.63. The van der Waals surface area contributed by atoms with E-state index in [1.807, 2.05) is 17.8 Å². The number of rotatable bonds is 5. The Morgan fingerprint density at radius 1 is 1.30 bits per heavy atom. The third kappa shape index (κ3) is 3.44. The molecule has 2 aromatic rings. The molecular weight excluding hydrogens is 254 g/mol. The molecule has 0 unspecified atom stereocenters. The highest BCUT2D eigenvalue weighted by Crippen LogP contribution is 2.24. The number of aromatic hydroxyl groups is 2. The maximum Gasteiger partial charge on any atom is 0.124 e. The van der Waals surface area contributed by atoms with E-state index in [1.165, 1.54) is 6.07 Å². The molecule has 0 saturated carbocycles. The van der Waals surface area contributed by atoms with E-state index in [-0.39, 0.29) is 11.5 Å². The molecule has 1 aromatic carbocycles. The number of anilines is 1. The van der Waals surface area contributed by atoms with E-state index in [2.05, 4.69) is 24.3 Å². The molecule has 0 saturated heterocycles. The Morgan fingerprint density at radius 2 is 2.05 bits per heavy atom. The molecular formula is C15H21N3O2. The van der Waals surface area contributed by atoms with Gasteiger partial charge in [-0.25, -0.2) is 0 Å². The second-order valence-corrected chi connectivity index (χ2v) is 5.41.